The summed E-state index contributed by atoms with van der Waals surface area (Å²) in [5.41, 5.74) is 0.996. The van der Waals surface area contributed by atoms with E-state index in [9.17, 15) is 4.79 Å². The van der Waals surface area contributed by atoms with E-state index in [0.29, 0.717) is 0 Å². The first-order valence-corrected chi connectivity index (χ1v) is 4.88. The van der Waals surface area contributed by atoms with Gasteiger partial charge in [0, 0.05) is 18.8 Å². The minimum atomic E-state index is -0.125. The monoisotopic (exact) mass is 190 g/mol. The van der Waals surface area contributed by atoms with Gasteiger partial charge in [-0.05, 0) is 19.1 Å². The maximum Gasteiger partial charge on any atom is 0.244 e. The maximum absolute atomic E-state index is 11.6. The predicted octanol–water partition coefficient (Wildman–Crippen LogP) is 1.33. The molecule has 1 saturated heterocycles. The largest absolute Gasteiger partial charge is 0.374 e. The van der Waals surface area contributed by atoms with Crippen molar-refractivity contribution in [3.05, 3.63) is 30.3 Å². The molecule has 1 amide bonds. The molecule has 0 radical (unpaired) electrons. The molecule has 1 fully saturated rings. The molecule has 1 heterocycles. The first-order valence-electron chi connectivity index (χ1n) is 4.88. The lowest BCUT2D eigenvalue weighted by atomic mass is 10.2. The highest BCUT2D eigenvalue weighted by atomic mass is 16.2. The number of nitrogens with zero attached hydrogens (tertiary/aromatic N) is 1. The van der Waals surface area contributed by atoms with Gasteiger partial charge in [0.25, 0.3) is 0 Å². The zero-order valence-corrected chi connectivity index (χ0v) is 8.23. The Morgan fingerprint density at radius 3 is 2.57 bits per heavy atom. The summed E-state index contributed by atoms with van der Waals surface area (Å²) in [5.74, 6) is 0.189. The Morgan fingerprint density at radius 2 is 2.00 bits per heavy atom. The predicted molar refractivity (Wildman–Crippen MR) is 56.1 cm³/mol. The van der Waals surface area contributed by atoms with Crippen molar-refractivity contribution in [1.82, 2.24) is 4.90 Å². The number of benzene rings is 1. The van der Waals surface area contributed by atoms with Crippen LogP contribution in [-0.4, -0.2) is 29.9 Å². The maximum atomic E-state index is 11.6. The Kier molecular flexibility index (Phi) is 2.39. The zero-order chi connectivity index (χ0) is 9.97. The van der Waals surface area contributed by atoms with Gasteiger partial charge in [-0.25, -0.2) is 0 Å². The van der Waals surface area contributed by atoms with Crippen molar-refractivity contribution in [3.8, 4) is 0 Å². The van der Waals surface area contributed by atoms with Gasteiger partial charge in [-0.1, -0.05) is 18.2 Å². The molecule has 3 nitrogen and oxygen atoms in total. The molecule has 0 spiro atoms. The molecule has 14 heavy (non-hydrogen) atoms. The summed E-state index contributed by atoms with van der Waals surface area (Å²) in [7, 11) is 0. The number of hydrogen-bond donors (Lipinski definition) is 1. The lowest BCUT2D eigenvalue weighted by Gasteiger charge is -2.14. The Labute approximate surface area is 83.7 Å². The number of carbonyl (C=O) groups excluding carboxylic acids is 1. The van der Waals surface area contributed by atoms with Crippen molar-refractivity contribution < 1.29 is 4.79 Å². The number of anilines is 1. The van der Waals surface area contributed by atoms with Crippen LogP contribution >= 0.6 is 0 Å². The van der Waals surface area contributed by atoms with Gasteiger partial charge in [-0.2, -0.15) is 0 Å². The van der Waals surface area contributed by atoms with Crippen LogP contribution in [0.5, 0.6) is 0 Å². The van der Waals surface area contributed by atoms with Gasteiger partial charge in [-0.15, -0.1) is 0 Å². The van der Waals surface area contributed by atoms with Gasteiger partial charge in [0.05, 0.1) is 0 Å². The highest BCUT2D eigenvalue weighted by Gasteiger charge is 2.27. The SMILES string of the molecule is C[C@H](Nc1ccccc1)C(=O)N1CC1. The van der Waals surface area contributed by atoms with E-state index in [1.165, 1.54) is 0 Å². The van der Waals surface area contributed by atoms with Gasteiger partial charge in [0.1, 0.15) is 6.04 Å². The average molecular weight is 190 g/mol. The third kappa shape index (κ3) is 2.05. The summed E-state index contributed by atoms with van der Waals surface area (Å²) in [6.45, 7) is 3.73. The van der Waals surface area contributed by atoms with E-state index < -0.39 is 0 Å². The quantitative estimate of drug-likeness (QED) is 0.729. The van der Waals surface area contributed by atoms with E-state index in [1.54, 1.807) is 0 Å². The Bertz CT molecular complexity index is 319. The van der Waals surface area contributed by atoms with E-state index in [1.807, 2.05) is 42.2 Å². The van der Waals surface area contributed by atoms with Crippen LogP contribution in [0.15, 0.2) is 30.3 Å². The molecular weight excluding hydrogens is 176 g/mol. The van der Waals surface area contributed by atoms with Crippen LogP contribution in [0.4, 0.5) is 5.69 Å². The number of para-hydroxylation sites is 1. The number of carbonyl (C=O) groups is 1. The molecule has 1 aliphatic heterocycles. The molecule has 0 aliphatic carbocycles. The Balaban J connectivity index is 1.93. The fourth-order valence-corrected chi connectivity index (χ4v) is 1.39. The van der Waals surface area contributed by atoms with Crippen LogP contribution in [0, 0.1) is 0 Å². The molecule has 3 heteroatoms. The van der Waals surface area contributed by atoms with E-state index in [2.05, 4.69) is 5.32 Å². The zero-order valence-electron chi connectivity index (χ0n) is 8.23. The Morgan fingerprint density at radius 1 is 1.36 bits per heavy atom. The molecule has 1 atom stereocenters. The van der Waals surface area contributed by atoms with Gasteiger partial charge < -0.3 is 10.2 Å². The molecule has 2 rings (SSSR count). The molecule has 0 saturated carbocycles. The van der Waals surface area contributed by atoms with Crippen LogP contribution in [0.3, 0.4) is 0 Å². The summed E-state index contributed by atoms with van der Waals surface area (Å²) in [6, 6.07) is 9.67. The van der Waals surface area contributed by atoms with Crippen LogP contribution in [-0.2, 0) is 4.79 Å². The first-order chi connectivity index (χ1) is 6.77. The fourth-order valence-electron chi connectivity index (χ4n) is 1.39. The minimum absolute atomic E-state index is 0.125. The van der Waals surface area contributed by atoms with Crippen LogP contribution in [0.2, 0.25) is 0 Å². The number of hydrogen-bond acceptors (Lipinski definition) is 2. The smallest absolute Gasteiger partial charge is 0.244 e. The topological polar surface area (TPSA) is 32.1 Å². The molecule has 0 unspecified atom stereocenters. The molecule has 1 aliphatic rings. The lowest BCUT2D eigenvalue weighted by molar-refractivity contribution is -0.126. The summed E-state index contributed by atoms with van der Waals surface area (Å²) in [4.78, 5) is 13.4. The fraction of sp³-hybridized carbons (Fsp3) is 0.364. The first kappa shape index (κ1) is 9.06. The van der Waals surface area contributed by atoms with E-state index in [4.69, 9.17) is 0 Å². The van der Waals surface area contributed by atoms with Crippen molar-refractivity contribution >= 4 is 11.6 Å². The number of amides is 1. The molecule has 1 N–H and O–H groups in total. The summed E-state index contributed by atoms with van der Waals surface area (Å²) >= 11 is 0. The average Bonchev–Trinajstić information content (AvgIpc) is 3.01. The molecule has 1 aromatic carbocycles. The highest BCUT2D eigenvalue weighted by Crippen LogP contribution is 2.11. The van der Waals surface area contributed by atoms with Crippen molar-refractivity contribution in [3.63, 3.8) is 0 Å². The molecular formula is C11H14N2O. The second-order valence-electron chi connectivity index (χ2n) is 3.56. The van der Waals surface area contributed by atoms with Crippen molar-refractivity contribution in [2.45, 2.75) is 13.0 Å². The molecule has 1 aromatic rings. The summed E-state index contributed by atoms with van der Waals surface area (Å²) in [6.07, 6.45) is 0. The van der Waals surface area contributed by atoms with Gasteiger partial charge in [0.2, 0.25) is 5.91 Å². The van der Waals surface area contributed by atoms with Crippen molar-refractivity contribution in [2.24, 2.45) is 0 Å². The van der Waals surface area contributed by atoms with Gasteiger partial charge in [-0.3, -0.25) is 4.79 Å². The minimum Gasteiger partial charge on any atom is -0.374 e. The van der Waals surface area contributed by atoms with Crippen LogP contribution in [0.1, 0.15) is 6.92 Å². The highest BCUT2D eigenvalue weighted by molar-refractivity contribution is 5.85. The van der Waals surface area contributed by atoms with E-state index in [-0.39, 0.29) is 11.9 Å². The van der Waals surface area contributed by atoms with E-state index >= 15 is 0 Å². The third-order valence-electron chi connectivity index (χ3n) is 2.29. The molecule has 0 bridgehead atoms. The third-order valence-corrected chi connectivity index (χ3v) is 2.29. The van der Waals surface area contributed by atoms with Crippen LogP contribution < -0.4 is 5.32 Å². The number of nitrogens with one attached hydrogen (secondary N) is 1. The lowest BCUT2D eigenvalue weighted by Crippen LogP contribution is -2.31. The van der Waals surface area contributed by atoms with Gasteiger partial charge >= 0.3 is 0 Å². The standard InChI is InChI=1S/C11H14N2O/c1-9(11(14)13-7-8-13)12-10-5-3-2-4-6-10/h2-6,9,12H,7-8H2,1H3/t9-/m0/s1. The summed E-state index contributed by atoms with van der Waals surface area (Å²) in [5, 5.41) is 3.17. The summed E-state index contributed by atoms with van der Waals surface area (Å²) < 4.78 is 0. The van der Waals surface area contributed by atoms with Crippen molar-refractivity contribution in [2.75, 3.05) is 18.4 Å². The van der Waals surface area contributed by atoms with Gasteiger partial charge in [0.15, 0.2) is 0 Å². The molecule has 0 aromatic heterocycles. The normalized spacial score (nSPS) is 16.2. The Hall–Kier alpha value is -1.51. The molecule has 74 valence electrons. The van der Waals surface area contributed by atoms with Crippen molar-refractivity contribution in [1.29, 1.82) is 0 Å². The van der Waals surface area contributed by atoms with Crippen LogP contribution in [0.25, 0.3) is 0 Å². The number of rotatable bonds is 3. The second kappa shape index (κ2) is 3.70. The second-order valence-corrected chi connectivity index (χ2v) is 3.56. The van der Waals surface area contributed by atoms with E-state index in [0.717, 1.165) is 18.8 Å².